The normalized spacial score (nSPS) is 16.9. The van der Waals surface area contributed by atoms with Gasteiger partial charge >= 0.3 is 6.09 Å². The summed E-state index contributed by atoms with van der Waals surface area (Å²) in [4.78, 5) is 32.4. The number of carbonyl (C=O) groups excluding carboxylic acids is 2. The summed E-state index contributed by atoms with van der Waals surface area (Å²) >= 11 is 0. The maximum Gasteiger partial charge on any atom is 0.410 e. The molecule has 0 saturated carbocycles. The van der Waals surface area contributed by atoms with Gasteiger partial charge in [0.1, 0.15) is 11.8 Å². The number of ether oxygens (including phenoxy) is 1. The molecule has 27 heavy (non-hydrogen) atoms. The van der Waals surface area contributed by atoms with Gasteiger partial charge in [-0.1, -0.05) is 6.07 Å². The Morgan fingerprint density at radius 1 is 1.44 bits per heavy atom. The second-order valence-corrected chi connectivity index (χ2v) is 6.89. The van der Waals surface area contributed by atoms with Gasteiger partial charge in [-0.25, -0.2) is 4.79 Å². The number of nitrogens with one attached hydrogen (secondary N) is 2. The van der Waals surface area contributed by atoms with Crippen LogP contribution in [0.3, 0.4) is 0 Å². The minimum atomic E-state index is -0.386. The molecule has 0 bridgehead atoms. The highest BCUT2D eigenvalue weighted by atomic mass is 16.6. The van der Waals surface area contributed by atoms with Gasteiger partial charge in [0, 0.05) is 18.3 Å². The van der Waals surface area contributed by atoms with Crippen LogP contribution in [0.15, 0.2) is 24.4 Å². The van der Waals surface area contributed by atoms with Crippen molar-refractivity contribution in [2.45, 2.75) is 32.5 Å². The fraction of sp³-hybridized carbons (Fsp3) is 0.444. The van der Waals surface area contributed by atoms with E-state index >= 15 is 0 Å². The van der Waals surface area contributed by atoms with Crippen LogP contribution in [0.2, 0.25) is 0 Å². The summed E-state index contributed by atoms with van der Waals surface area (Å²) in [5.74, 6) is 0.0577. The Morgan fingerprint density at radius 2 is 2.22 bits per heavy atom. The SMILES string of the molecule is CC(CN(C)C)OC(=O)N1Cc2c(NC(=O)c3ccccn3)n[nH]c2C1C. The number of aromatic nitrogens is 3. The monoisotopic (exact) mass is 372 g/mol. The smallest absolute Gasteiger partial charge is 0.410 e. The highest BCUT2D eigenvalue weighted by Gasteiger charge is 2.36. The van der Waals surface area contributed by atoms with Crippen LogP contribution >= 0.6 is 0 Å². The minimum absolute atomic E-state index is 0.216. The first kappa shape index (κ1) is 18.8. The number of amides is 2. The zero-order chi connectivity index (χ0) is 19.6. The van der Waals surface area contributed by atoms with Gasteiger partial charge < -0.3 is 15.0 Å². The van der Waals surface area contributed by atoms with E-state index in [-0.39, 0.29) is 24.1 Å². The molecule has 9 nitrogen and oxygen atoms in total. The first-order chi connectivity index (χ1) is 12.9. The van der Waals surface area contributed by atoms with E-state index in [1.54, 1.807) is 29.3 Å². The van der Waals surface area contributed by atoms with Crippen LogP contribution in [-0.2, 0) is 11.3 Å². The van der Waals surface area contributed by atoms with Crippen molar-refractivity contribution in [3.8, 4) is 0 Å². The number of carbonyl (C=O) groups is 2. The highest BCUT2D eigenvalue weighted by Crippen LogP contribution is 2.36. The molecule has 0 saturated heterocycles. The summed E-state index contributed by atoms with van der Waals surface area (Å²) in [6.45, 7) is 4.72. The van der Waals surface area contributed by atoms with Crippen molar-refractivity contribution in [1.29, 1.82) is 0 Å². The minimum Gasteiger partial charge on any atom is -0.445 e. The van der Waals surface area contributed by atoms with Gasteiger partial charge in [-0.3, -0.25) is 19.8 Å². The molecule has 2 aromatic heterocycles. The molecule has 0 radical (unpaired) electrons. The maximum absolute atomic E-state index is 12.5. The first-order valence-corrected chi connectivity index (χ1v) is 8.78. The number of aromatic amines is 1. The van der Waals surface area contributed by atoms with E-state index in [2.05, 4.69) is 20.5 Å². The summed E-state index contributed by atoms with van der Waals surface area (Å²) in [6.07, 6.45) is 0.946. The van der Waals surface area contributed by atoms with Crippen molar-refractivity contribution in [2.75, 3.05) is 26.0 Å². The van der Waals surface area contributed by atoms with Gasteiger partial charge in [-0.05, 0) is 40.1 Å². The maximum atomic E-state index is 12.5. The molecule has 2 aromatic rings. The van der Waals surface area contributed by atoms with E-state index in [9.17, 15) is 9.59 Å². The summed E-state index contributed by atoms with van der Waals surface area (Å²) < 4.78 is 5.52. The van der Waals surface area contributed by atoms with Crippen LogP contribution in [0.4, 0.5) is 10.6 Å². The van der Waals surface area contributed by atoms with Gasteiger partial charge in [0.25, 0.3) is 5.91 Å². The van der Waals surface area contributed by atoms with Crippen LogP contribution in [-0.4, -0.2) is 63.7 Å². The Balaban J connectivity index is 1.68. The van der Waals surface area contributed by atoms with E-state index < -0.39 is 0 Å². The standard InChI is InChI=1S/C18H24N6O3/c1-11(9-23(3)4)27-18(26)24-10-13-15(12(24)2)21-22-16(13)20-17(25)14-7-5-6-8-19-14/h5-8,11-12H,9-10H2,1-4H3,(H2,20,21,22,25). The Kier molecular flexibility index (Phi) is 5.41. The lowest BCUT2D eigenvalue weighted by Crippen LogP contribution is -2.35. The number of rotatable bonds is 5. The van der Waals surface area contributed by atoms with Gasteiger partial charge in [0.05, 0.1) is 18.3 Å². The van der Waals surface area contributed by atoms with E-state index in [0.29, 0.717) is 24.6 Å². The van der Waals surface area contributed by atoms with Crippen molar-refractivity contribution in [2.24, 2.45) is 0 Å². The lowest BCUT2D eigenvalue weighted by atomic mass is 10.2. The van der Waals surface area contributed by atoms with Gasteiger partial charge in [-0.2, -0.15) is 5.10 Å². The fourth-order valence-electron chi connectivity index (χ4n) is 3.13. The number of hydrogen-bond donors (Lipinski definition) is 2. The molecular formula is C18H24N6O3. The van der Waals surface area contributed by atoms with E-state index in [4.69, 9.17) is 4.74 Å². The van der Waals surface area contributed by atoms with Gasteiger partial charge in [0.15, 0.2) is 5.82 Å². The Labute approximate surface area is 157 Å². The number of likely N-dealkylation sites (N-methyl/N-ethyl adjacent to an activating group) is 1. The molecule has 2 unspecified atom stereocenters. The largest absolute Gasteiger partial charge is 0.445 e. The molecule has 0 fully saturated rings. The fourth-order valence-corrected chi connectivity index (χ4v) is 3.13. The molecule has 0 aromatic carbocycles. The van der Waals surface area contributed by atoms with Crippen LogP contribution in [0.5, 0.6) is 0 Å². The number of fused-ring (bicyclic) bond motifs is 1. The molecular weight excluding hydrogens is 348 g/mol. The second-order valence-electron chi connectivity index (χ2n) is 6.89. The Morgan fingerprint density at radius 3 is 2.89 bits per heavy atom. The lowest BCUT2D eigenvalue weighted by molar-refractivity contribution is 0.0508. The molecule has 3 rings (SSSR count). The zero-order valence-corrected chi connectivity index (χ0v) is 15.9. The molecule has 2 atom stereocenters. The summed E-state index contributed by atoms with van der Waals surface area (Å²) in [5, 5.41) is 9.85. The third kappa shape index (κ3) is 4.08. The van der Waals surface area contributed by atoms with Crippen LogP contribution in [0.25, 0.3) is 0 Å². The third-order valence-corrected chi connectivity index (χ3v) is 4.40. The topological polar surface area (TPSA) is 103 Å². The summed E-state index contributed by atoms with van der Waals surface area (Å²) in [6, 6.07) is 4.89. The average Bonchev–Trinajstić information content (AvgIpc) is 3.15. The zero-order valence-electron chi connectivity index (χ0n) is 15.9. The number of hydrogen-bond acceptors (Lipinski definition) is 6. The molecule has 0 spiro atoms. The average molecular weight is 372 g/mol. The number of nitrogens with zero attached hydrogens (tertiary/aromatic N) is 4. The Hall–Kier alpha value is -2.94. The van der Waals surface area contributed by atoms with Crippen molar-refractivity contribution < 1.29 is 14.3 Å². The molecule has 144 valence electrons. The number of H-pyrrole nitrogens is 1. The molecule has 2 N–H and O–H groups in total. The number of anilines is 1. The van der Waals surface area contributed by atoms with Gasteiger partial charge in [-0.15, -0.1) is 0 Å². The van der Waals surface area contributed by atoms with Crippen molar-refractivity contribution in [3.05, 3.63) is 41.3 Å². The van der Waals surface area contributed by atoms with Crippen molar-refractivity contribution in [3.63, 3.8) is 0 Å². The first-order valence-electron chi connectivity index (χ1n) is 8.78. The van der Waals surface area contributed by atoms with Crippen molar-refractivity contribution in [1.82, 2.24) is 25.0 Å². The van der Waals surface area contributed by atoms with Crippen molar-refractivity contribution >= 4 is 17.8 Å². The van der Waals surface area contributed by atoms with E-state index in [0.717, 1.165) is 11.3 Å². The van der Waals surface area contributed by atoms with Crippen LogP contribution in [0.1, 0.15) is 41.6 Å². The highest BCUT2D eigenvalue weighted by molar-refractivity contribution is 6.02. The Bertz CT molecular complexity index is 820. The molecule has 0 aliphatic carbocycles. The molecule has 2 amide bonds. The van der Waals surface area contributed by atoms with E-state index in [1.807, 2.05) is 32.8 Å². The molecule has 1 aliphatic heterocycles. The van der Waals surface area contributed by atoms with Crippen LogP contribution < -0.4 is 5.32 Å². The predicted molar refractivity (Wildman–Crippen MR) is 99.2 cm³/mol. The van der Waals surface area contributed by atoms with Gasteiger partial charge in [0.2, 0.25) is 0 Å². The number of pyridine rings is 1. The summed E-state index contributed by atoms with van der Waals surface area (Å²) in [7, 11) is 3.85. The quantitative estimate of drug-likeness (QED) is 0.832. The summed E-state index contributed by atoms with van der Waals surface area (Å²) in [5.41, 5.74) is 1.88. The van der Waals surface area contributed by atoms with E-state index in [1.165, 1.54) is 0 Å². The van der Waals surface area contributed by atoms with Crippen LogP contribution in [0, 0.1) is 0 Å². The molecule has 3 heterocycles. The predicted octanol–water partition coefficient (Wildman–Crippen LogP) is 2.02. The second kappa shape index (κ2) is 7.75. The third-order valence-electron chi connectivity index (χ3n) is 4.40. The molecule has 9 heteroatoms. The lowest BCUT2D eigenvalue weighted by Gasteiger charge is -2.25. The molecule has 1 aliphatic rings.